The first-order valence-electron chi connectivity index (χ1n) is 4.19. The molecule has 0 radical (unpaired) electrons. The fourth-order valence-corrected chi connectivity index (χ4v) is 1.64. The maximum atomic E-state index is 10.4. The smallest absolute Gasteiger partial charge is 0.0594 e. The predicted octanol–water partition coefficient (Wildman–Crippen LogP) is 0.435. The van der Waals surface area contributed by atoms with Crippen molar-refractivity contribution in [2.45, 2.75) is 6.42 Å². The molecule has 5 heteroatoms. The molecule has 0 aromatic rings. The highest BCUT2D eigenvalue weighted by Crippen LogP contribution is 1.97. The summed E-state index contributed by atoms with van der Waals surface area (Å²) in [6.07, 6.45) is 0.857. The molecular weight excluding hydrogens is 176 g/mol. The highest BCUT2D eigenvalue weighted by Gasteiger charge is 2.07. The van der Waals surface area contributed by atoms with E-state index in [1.807, 2.05) is 0 Å². The van der Waals surface area contributed by atoms with E-state index in [0.29, 0.717) is 5.75 Å². The fraction of sp³-hybridized carbons (Fsp3) is 1.00. The average molecular weight is 191 g/mol. The van der Waals surface area contributed by atoms with Crippen LogP contribution in [0.3, 0.4) is 0 Å². The van der Waals surface area contributed by atoms with Crippen molar-refractivity contribution in [3.8, 4) is 0 Å². The molecule has 0 aliphatic carbocycles. The van der Waals surface area contributed by atoms with Gasteiger partial charge in [0.15, 0.2) is 0 Å². The van der Waals surface area contributed by atoms with Crippen LogP contribution in [0.25, 0.3) is 0 Å². The zero-order chi connectivity index (χ0) is 8.81. The molecule has 1 N–H and O–H groups in total. The molecule has 72 valence electrons. The molecule has 0 bridgehead atoms. The van der Waals surface area contributed by atoms with Crippen LogP contribution in [0.2, 0.25) is 0 Å². The number of hydrogen-bond donors (Lipinski definition) is 1. The molecule has 1 fully saturated rings. The van der Waals surface area contributed by atoms with E-state index in [-0.39, 0.29) is 0 Å². The third kappa shape index (κ3) is 4.04. The van der Waals surface area contributed by atoms with Crippen molar-refractivity contribution in [1.29, 1.82) is 4.78 Å². The lowest BCUT2D eigenvalue weighted by Crippen LogP contribution is -2.37. The third-order valence-corrected chi connectivity index (χ3v) is 2.57. The zero-order valence-electron chi connectivity index (χ0n) is 7.12. The van der Waals surface area contributed by atoms with Crippen molar-refractivity contribution in [3.63, 3.8) is 0 Å². The second-order valence-corrected chi connectivity index (χ2v) is 3.96. The molecule has 0 aromatic heterocycles. The van der Waals surface area contributed by atoms with Crippen LogP contribution < -0.4 is 0 Å². The molecule has 0 unspecified atom stereocenters. The van der Waals surface area contributed by atoms with Gasteiger partial charge in [-0.1, -0.05) is 12.2 Å². The monoisotopic (exact) mass is 191 g/mol. The van der Waals surface area contributed by atoms with Crippen LogP contribution in [0.5, 0.6) is 0 Å². The quantitative estimate of drug-likeness (QED) is 0.656. The van der Waals surface area contributed by atoms with Crippen molar-refractivity contribution in [2.75, 3.05) is 38.6 Å². The number of hydrogen-bond acceptors (Lipinski definition) is 5. The van der Waals surface area contributed by atoms with Crippen LogP contribution in [-0.2, 0) is 19.5 Å². The van der Waals surface area contributed by atoms with Gasteiger partial charge in [0.25, 0.3) is 0 Å². The van der Waals surface area contributed by atoms with Gasteiger partial charge in [0.05, 0.1) is 13.2 Å². The summed E-state index contributed by atoms with van der Waals surface area (Å²) < 4.78 is 22.4. The van der Waals surface area contributed by atoms with E-state index in [1.54, 1.807) is 0 Å². The lowest BCUT2D eigenvalue weighted by atomic mass is 10.4. The Morgan fingerprint density at radius 3 is 2.67 bits per heavy atom. The fourth-order valence-electron chi connectivity index (χ4n) is 1.24. The average Bonchev–Trinajstić information content (AvgIpc) is 2.05. The molecule has 0 aromatic carbocycles. The Kier molecular flexibility index (Phi) is 4.57. The maximum Gasteiger partial charge on any atom is 0.0594 e. The summed E-state index contributed by atoms with van der Waals surface area (Å²) in [5.41, 5.74) is 0. The summed E-state index contributed by atoms with van der Waals surface area (Å²) in [5.74, 6) is 0.497. The lowest BCUT2D eigenvalue weighted by Gasteiger charge is -2.26. The van der Waals surface area contributed by atoms with E-state index in [1.165, 1.54) is 0 Å². The minimum atomic E-state index is -1.38. The molecule has 1 rings (SSSR count). The molecule has 1 aliphatic rings. The Balaban J connectivity index is 2.05. The van der Waals surface area contributed by atoms with Crippen LogP contribution in [0.1, 0.15) is 6.42 Å². The Hall–Kier alpha value is -0.130. The third-order valence-electron chi connectivity index (χ3n) is 1.91. The summed E-state index contributed by atoms with van der Waals surface area (Å²) in [7, 11) is -1.38. The van der Waals surface area contributed by atoms with Gasteiger partial charge in [0, 0.05) is 13.1 Å². The van der Waals surface area contributed by atoms with Crippen molar-refractivity contribution < 1.29 is 8.95 Å². The predicted molar refractivity (Wildman–Crippen MR) is 47.5 cm³/mol. The molecular formula is C7H15N2O2S-. The first-order chi connectivity index (χ1) is 5.79. The summed E-state index contributed by atoms with van der Waals surface area (Å²) in [5, 5.41) is 0. The van der Waals surface area contributed by atoms with Gasteiger partial charge in [0.2, 0.25) is 0 Å². The summed E-state index contributed by atoms with van der Waals surface area (Å²) in [6.45, 7) is 4.52. The van der Waals surface area contributed by atoms with Gasteiger partial charge in [-0.3, -0.25) is 4.90 Å². The zero-order valence-corrected chi connectivity index (χ0v) is 7.94. The number of ether oxygens (including phenoxy) is 1. The number of nitrogens with one attached hydrogen (secondary N) is 1. The van der Waals surface area contributed by atoms with Gasteiger partial charge in [-0.05, 0) is 6.54 Å². The van der Waals surface area contributed by atoms with Crippen molar-refractivity contribution >= 4 is 10.6 Å². The van der Waals surface area contributed by atoms with Crippen molar-refractivity contribution in [1.82, 2.24) is 4.90 Å². The van der Waals surface area contributed by atoms with E-state index >= 15 is 0 Å². The molecule has 4 nitrogen and oxygen atoms in total. The summed E-state index contributed by atoms with van der Waals surface area (Å²) >= 11 is 0. The van der Waals surface area contributed by atoms with Crippen molar-refractivity contribution in [2.24, 2.45) is 0 Å². The van der Waals surface area contributed by atoms with Gasteiger partial charge in [-0.2, -0.15) is 10.6 Å². The van der Waals surface area contributed by atoms with E-state index in [0.717, 1.165) is 39.3 Å². The molecule has 1 saturated heterocycles. The molecule has 1 heterocycles. The molecule has 12 heavy (non-hydrogen) atoms. The van der Waals surface area contributed by atoms with Gasteiger partial charge in [0.1, 0.15) is 0 Å². The number of rotatable bonds is 4. The molecule has 0 atom stereocenters. The first-order valence-corrected chi connectivity index (χ1v) is 5.50. The lowest BCUT2D eigenvalue weighted by molar-refractivity contribution is 0.0381. The van der Waals surface area contributed by atoms with Gasteiger partial charge < -0.3 is 13.7 Å². The molecule has 0 saturated carbocycles. The standard InChI is InChI=1S/C7H15N2O2S/c8-12(10)7-1-2-9-3-5-11-6-4-9/h8H,1-7H2/q-1. The topological polar surface area (TPSA) is 53.4 Å². The molecule has 0 spiro atoms. The van der Waals surface area contributed by atoms with Crippen LogP contribution in [0.15, 0.2) is 0 Å². The van der Waals surface area contributed by atoms with Crippen LogP contribution >= 0.6 is 0 Å². The minimum absolute atomic E-state index is 0.497. The SMILES string of the molecule is N=[S-](=O)CCCN1CCOCC1. The second kappa shape index (κ2) is 5.50. The van der Waals surface area contributed by atoms with Crippen LogP contribution in [0, 0.1) is 4.78 Å². The van der Waals surface area contributed by atoms with Crippen LogP contribution in [0.4, 0.5) is 0 Å². The van der Waals surface area contributed by atoms with Gasteiger partial charge in [-0.25, -0.2) is 0 Å². The highest BCUT2D eigenvalue weighted by molar-refractivity contribution is 7.73. The van der Waals surface area contributed by atoms with Crippen LogP contribution in [-0.4, -0.2) is 43.5 Å². The van der Waals surface area contributed by atoms with Gasteiger partial charge >= 0.3 is 0 Å². The maximum absolute atomic E-state index is 10.4. The number of nitrogens with zero attached hydrogens (tertiary/aromatic N) is 1. The van der Waals surface area contributed by atoms with Gasteiger partial charge in [-0.15, -0.1) is 0 Å². The minimum Gasteiger partial charge on any atom is -0.445 e. The highest BCUT2D eigenvalue weighted by atomic mass is 32.2. The normalized spacial score (nSPS) is 20.1. The Morgan fingerprint density at radius 1 is 1.42 bits per heavy atom. The molecule has 0 amide bonds. The van der Waals surface area contributed by atoms with Crippen molar-refractivity contribution in [3.05, 3.63) is 0 Å². The van der Waals surface area contributed by atoms with E-state index in [2.05, 4.69) is 4.90 Å². The molecule has 1 aliphatic heterocycles. The Labute approximate surface area is 74.9 Å². The first kappa shape index (κ1) is 9.95. The Bertz CT molecular complexity index is 180. The van der Waals surface area contributed by atoms with E-state index in [4.69, 9.17) is 9.52 Å². The van der Waals surface area contributed by atoms with E-state index in [9.17, 15) is 4.21 Å². The summed E-state index contributed by atoms with van der Waals surface area (Å²) in [4.78, 5) is 2.29. The largest absolute Gasteiger partial charge is 0.445 e. The second-order valence-electron chi connectivity index (χ2n) is 2.86. The number of morpholine rings is 1. The van der Waals surface area contributed by atoms with E-state index < -0.39 is 10.6 Å². The Morgan fingerprint density at radius 2 is 2.08 bits per heavy atom. The summed E-state index contributed by atoms with van der Waals surface area (Å²) in [6, 6.07) is 0.